The second kappa shape index (κ2) is 8.30. The van der Waals surface area contributed by atoms with Crippen molar-refractivity contribution in [3.63, 3.8) is 0 Å². The fourth-order valence-electron chi connectivity index (χ4n) is 2.00. The molecule has 0 bridgehead atoms. The number of carbonyl (C=O) groups excluding carboxylic acids is 1. The van der Waals surface area contributed by atoms with E-state index >= 15 is 0 Å². The molecule has 0 aromatic carbocycles. The minimum Gasteiger partial charge on any atom is -0.466 e. The van der Waals surface area contributed by atoms with Crippen molar-refractivity contribution in [3.05, 3.63) is 12.7 Å². The standard InChI is InChI=1S/C18H36O3Si/c1-10-12-13-14-15(18(6,7)16(19)20-11-2)21-22(8,9)17(3,4)5/h10,15H,1,11-14H2,2-9H3/t15-/m1/s1. The van der Waals surface area contributed by atoms with Gasteiger partial charge in [0, 0.05) is 0 Å². The van der Waals surface area contributed by atoms with Gasteiger partial charge in [0.15, 0.2) is 8.32 Å². The molecule has 130 valence electrons. The Labute approximate surface area is 138 Å². The molecule has 0 aliphatic rings. The number of rotatable bonds is 9. The van der Waals surface area contributed by atoms with E-state index in [1.165, 1.54) is 0 Å². The molecule has 0 aromatic heterocycles. The van der Waals surface area contributed by atoms with Crippen LogP contribution in [0.2, 0.25) is 18.1 Å². The minimum atomic E-state index is -1.94. The molecule has 0 amide bonds. The van der Waals surface area contributed by atoms with Crippen molar-refractivity contribution >= 4 is 14.3 Å². The van der Waals surface area contributed by atoms with Gasteiger partial charge in [0.1, 0.15) is 0 Å². The molecule has 4 heteroatoms. The van der Waals surface area contributed by atoms with Gasteiger partial charge in [0.25, 0.3) is 0 Å². The van der Waals surface area contributed by atoms with E-state index < -0.39 is 13.7 Å². The average Bonchev–Trinajstić information content (AvgIpc) is 2.36. The largest absolute Gasteiger partial charge is 0.466 e. The maximum Gasteiger partial charge on any atom is 0.314 e. The predicted molar refractivity (Wildman–Crippen MR) is 96.5 cm³/mol. The summed E-state index contributed by atoms with van der Waals surface area (Å²) >= 11 is 0. The van der Waals surface area contributed by atoms with Crippen LogP contribution in [0.25, 0.3) is 0 Å². The van der Waals surface area contributed by atoms with Gasteiger partial charge in [-0.15, -0.1) is 6.58 Å². The highest BCUT2D eigenvalue weighted by molar-refractivity contribution is 6.74. The molecule has 0 radical (unpaired) electrons. The lowest BCUT2D eigenvalue weighted by Gasteiger charge is -2.43. The third kappa shape index (κ3) is 5.88. The summed E-state index contributed by atoms with van der Waals surface area (Å²) in [4.78, 5) is 12.4. The number of hydrogen-bond donors (Lipinski definition) is 0. The Morgan fingerprint density at radius 1 is 1.23 bits per heavy atom. The molecule has 0 aromatic rings. The van der Waals surface area contributed by atoms with Gasteiger partial charge in [-0.1, -0.05) is 26.8 Å². The number of carbonyl (C=O) groups is 1. The zero-order chi connectivity index (χ0) is 17.6. The van der Waals surface area contributed by atoms with Crippen LogP contribution in [0.15, 0.2) is 12.7 Å². The van der Waals surface area contributed by atoms with E-state index in [4.69, 9.17) is 9.16 Å². The number of allylic oxidation sites excluding steroid dienone is 1. The van der Waals surface area contributed by atoms with Crippen LogP contribution < -0.4 is 0 Å². The Kier molecular flexibility index (Phi) is 8.07. The van der Waals surface area contributed by atoms with Crippen molar-refractivity contribution in [2.45, 2.75) is 85.0 Å². The van der Waals surface area contributed by atoms with Gasteiger partial charge in [0.2, 0.25) is 0 Å². The van der Waals surface area contributed by atoms with Crippen LogP contribution in [0.3, 0.4) is 0 Å². The summed E-state index contributed by atoms with van der Waals surface area (Å²) in [6.45, 7) is 21.0. The highest BCUT2D eigenvalue weighted by Crippen LogP contribution is 2.41. The molecule has 0 unspecified atom stereocenters. The van der Waals surface area contributed by atoms with Crippen molar-refractivity contribution < 1.29 is 14.0 Å². The monoisotopic (exact) mass is 328 g/mol. The molecule has 0 fully saturated rings. The van der Waals surface area contributed by atoms with Crippen LogP contribution in [0.4, 0.5) is 0 Å². The van der Waals surface area contributed by atoms with Gasteiger partial charge in [-0.3, -0.25) is 4.79 Å². The maximum absolute atomic E-state index is 12.4. The average molecular weight is 329 g/mol. The summed E-state index contributed by atoms with van der Waals surface area (Å²) < 4.78 is 11.9. The summed E-state index contributed by atoms with van der Waals surface area (Å²) in [5, 5.41) is 0.119. The molecule has 0 aliphatic carbocycles. The van der Waals surface area contributed by atoms with E-state index in [0.29, 0.717) is 6.61 Å². The Bertz CT molecular complexity index is 367. The molecular formula is C18H36O3Si. The van der Waals surface area contributed by atoms with E-state index in [2.05, 4.69) is 40.4 Å². The highest BCUT2D eigenvalue weighted by atomic mass is 28.4. The fraction of sp³-hybridized carbons (Fsp3) is 0.833. The van der Waals surface area contributed by atoms with Crippen LogP contribution in [0, 0.1) is 5.41 Å². The van der Waals surface area contributed by atoms with Crippen molar-refractivity contribution in [2.75, 3.05) is 6.61 Å². The van der Waals surface area contributed by atoms with Crippen LogP contribution in [-0.4, -0.2) is 27.0 Å². The quantitative estimate of drug-likeness (QED) is 0.249. The molecule has 0 spiro atoms. The van der Waals surface area contributed by atoms with E-state index in [1.54, 1.807) is 0 Å². The molecule has 0 N–H and O–H groups in total. The number of unbranched alkanes of at least 4 members (excludes halogenated alkanes) is 1. The summed E-state index contributed by atoms with van der Waals surface area (Å²) in [7, 11) is -1.94. The first-order valence-corrected chi connectivity index (χ1v) is 11.3. The Morgan fingerprint density at radius 3 is 2.18 bits per heavy atom. The van der Waals surface area contributed by atoms with Crippen LogP contribution in [-0.2, 0) is 14.0 Å². The first-order chi connectivity index (χ1) is 9.90. The van der Waals surface area contributed by atoms with Gasteiger partial charge in [-0.25, -0.2) is 0 Å². The lowest BCUT2D eigenvalue weighted by molar-refractivity contribution is -0.159. The molecule has 0 heterocycles. The number of ether oxygens (including phenoxy) is 1. The zero-order valence-corrected chi connectivity index (χ0v) is 16.9. The second-order valence-corrected chi connectivity index (χ2v) is 12.8. The summed E-state index contributed by atoms with van der Waals surface area (Å²) in [5.41, 5.74) is -0.632. The molecule has 0 rings (SSSR count). The van der Waals surface area contributed by atoms with Crippen LogP contribution >= 0.6 is 0 Å². The maximum atomic E-state index is 12.4. The van der Waals surface area contributed by atoms with Crippen molar-refractivity contribution in [3.8, 4) is 0 Å². The smallest absolute Gasteiger partial charge is 0.314 e. The number of esters is 1. The first kappa shape index (κ1) is 21.4. The SMILES string of the molecule is C=CCCC[C@@H](O[Si](C)(C)C(C)(C)C)C(C)(C)C(=O)OCC. The lowest BCUT2D eigenvalue weighted by atomic mass is 9.84. The summed E-state index contributed by atoms with van der Waals surface area (Å²) in [6.07, 6.45) is 4.57. The van der Waals surface area contributed by atoms with Crippen molar-refractivity contribution in [1.82, 2.24) is 0 Å². The van der Waals surface area contributed by atoms with Crippen LogP contribution in [0.5, 0.6) is 0 Å². The van der Waals surface area contributed by atoms with Crippen molar-refractivity contribution in [2.24, 2.45) is 5.41 Å². The molecule has 1 atom stereocenters. The van der Waals surface area contributed by atoms with Gasteiger partial charge >= 0.3 is 5.97 Å². The third-order valence-corrected chi connectivity index (χ3v) is 9.21. The summed E-state index contributed by atoms with van der Waals surface area (Å²) in [5.74, 6) is -0.169. The van der Waals surface area contributed by atoms with Gasteiger partial charge in [0.05, 0.1) is 18.1 Å². The van der Waals surface area contributed by atoms with E-state index in [-0.39, 0.29) is 17.1 Å². The lowest BCUT2D eigenvalue weighted by Crippen LogP contribution is -2.50. The number of hydrogen-bond acceptors (Lipinski definition) is 3. The van der Waals surface area contributed by atoms with Gasteiger partial charge < -0.3 is 9.16 Å². The Balaban J connectivity index is 5.27. The van der Waals surface area contributed by atoms with Crippen molar-refractivity contribution in [1.29, 1.82) is 0 Å². The topological polar surface area (TPSA) is 35.5 Å². The third-order valence-electron chi connectivity index (χ3n) is 4.72. The fourth-order valence-corrected chi connectivity index (χ4v) is 3.47. The first-order valence-electron chi connectivity index (χ1n) is 8.36. The predicted octanol–water partition coefficient (Wildman–Crippen LogP) is 5.32. The normalized spacial score (nSPS) is 14.5. The molecule has 22 heavy (non-hydrogen) atoms. The van der Waals surface area contributed by atoms with Crippen LogP contribution in [0.1, 0.15) is 60.8 Å². The Hall–Kier alpha value is -0.613. The minimum absolute atomic E-state index is 0.118. The summed E-state index contributed by atoms with van der Waals surface area (Å²) in [6, 6.07) is 0. The van der Waals surface area contributed by atoms with Gasteiger partial charge in [-0.2, -0.15) is 0 Å². The Morgan fingerprint density at radius 2 is 1.77 bits per heavy atom. The van der Waals surface area contributed by atoms with E-state index in [0.717, 1.165) is 19.3 Å². The molecule has 3 nitrogen and oxygen atoms in total. The molecule has 0 aliphatic heterocycles. The zero-order valence-electron chi connectivity index (χ0n) is 15.9. The second-order valence-electron chi connectivity index (χ2n) is 8.03. The van der Waals surface area contributed by atoms with E-state index in [9.17, 15) is 4.79 Å². The van der Waals surface area contributed by atoms with Gasteiger partial charge in [-0.05, 0) is 58.2 Å². The molecule has 0 saturated carbocycles. The van der Waals surface area contributed by atoms with E-state index in [1.807, 2.05) is 26.8 Å². The highest BCUT2D eigenvalue weighted by Gasteiger charge is 2.45. The molecule has 0 saturated heterocycles. The molecular weight excluding hydrogens is 292 g/mol.